The van der Waals surface area contributed by atoms with E-state index in [1.807, 2.05) is 4.68 Å². The molecule has 0 N–H and O–H groups in total. The number of aryl methyl sites for hydroxylation is 1. The van der Waals surface area contributed by atoms with E-state index in [-0.39, 0.29) is 5.78 Å². The van der Waals surface area contributed by atoms with E-state index in [1.54, 1.807) is 13.3 Å². The lowest BCUT2D eigenvalue weighted by Gasteiger charge is -2.08. The zero-order valence-corrected chi connectivity index (χ0v) is 9.03. The summed E-state index contributed by atoms with van der Waals surface area (Å²) in [7, 11) is 0. The van der Waals surface area contributed by atoms with Crippen molar-refractivity contribution >= 4 is 5.78 Å². The van der Waals surface area contributed by atoms with Crippen molar-refractivity contribution in [2.75, 3.05) is 0 Å². The number of ketones is 1. The third-order valence-electron chi connectivity index (χ3n) is 2.07. The number of carbonyl (C=O) groups is 1. The van der Waals surface area contributed by atoms with Gasteiger partial charge in [0, 0.05) is 18.9 Å². The van der Waals surface area contributed by atoms with Crippen LogP contribution in [0.4, 0.5) is 0 Å². The fourth-order valence-corrected chi connectivity index (χ4v) is 1.38. The smallest absolute Gasteiger partial charge is 0.138 e. The molecule has 0 amide bonds. The van der Waals surface area contributed by atoms with Gasteiger partial charge in [-0.2, -0.15) is 5.10 Å². The molecule has 0 saturated carbocycles. The maximum Gasteiger partial charge on any atom is 0.138 e. The molecule has 0 aromatic carbocycles. The molecule has 4 heteroatoms. The van der Waals surface area contributed by atoms with Crippen molar-refractivity contribution in [2.24, 2.45) is 0 Å². The highest BCUT2D eigenvalue weighted by Gasteiger charge is 2.07. The largest absolute Gasteiger partial charge is 0.300 e. The summed E-state index contributed by atoms with van der Waals surface area (Å²) < 4.78 is 1.90. The van der Waals surface area contributed by atoms with Gasteiger partial charge in [-0.05, 0) is 27.2 Å². The summed E-state index contributed by atoms with van der Waals surface area (Å²) in [6, 6.07) is 0.338. The zero-order valence-electron chi connectivity index (χ0n) is 9.03. The van der Waals surface area contributed by atoms with Gasteiger partial charge in [0.2, 0.25) is 0 Å². The molecule has 0 aliphatic rings. The van der Waals surface area contributed by atoms with E-state index in [0.717, 1.165) is 18.7 Å². The Morgan fingerprint density at radius 3 is 2.86 bits per heavy atom. The van der Waals surface area contributed by atoms with Crippen LogP contribution in [0.25, 0.3) is 0 Å². The molecule has 1 rings (SSSR count). The van der Waals surface area contributed by atoms with Gasteiger partial charge >= 0.3 is 0 Å². The Hall–Kier alpha value is -1.19. The Kier molecular flexibility index (Phi) is 3.80. The molecule has 1 aromatic rings. The van der Waals surface area contributed by atoms with E-state index in [2.05, 4.69) is 23.9 Å². The quantitative estimate of drug-likeness (QED) is 0.719. The number of Topliss-reactive ketones (excluding diaryl/α,β-unsaturated/α-hetero) is 1. The van der Waals surface area contributed by atoms with Gasteiger partial charge in [-0.3, -0.25) is 0 Å². The minimum Gasteiger partial charge on any atom is -0.300 e. The molecule has 14 heavy (non-hydrogen) atoms. The Balaban J connectivity index is 2.50. The number of rotatable bonds is 5. The summed E-state index contributed by atoms with van der Waals surface area (Å²) >= 11 is 0. The number of carbonyl (C=O) groups excluding carboxylic acids is 1. The summed E-state index contributed by atoms with van der Waals surface area (Å²) in [5.74, 6) is 1.21. The van der Waals surface area contributed by atoms with Crippen molar-refractivity contribution in [3.05, 3.63) is 12.2 Å². The number of hydrogen-bond acceptors (Lipinski definition) is 3. The minimum absolute atomic E-state index is 0.237. The standard InChI is InChI=1S/C10H17N3O/c1-8(2)13-10(11-7-12-13)6-4-5-9(3)14/h7-8H,4-6H2,1-3H3. The van der Waals surface area contributed by atoms with Crippen LogP contribution >= 0.6 is 0 Å². The molecule has 78 valence electrons. The highest BCUT2D eigenvalue weighted by Crippen LogP contribution is 2.08. The van der Waals surface area contributed by atoms with Crippen LogP contribution in [0.15, 0.2) is 6.33 Å². The van der Waals surface area contributed by atoms with E-state index >= 15 is 0 Å². The monoisotopic (exact) mass is 195 g/mol. The second-order valence-corrected chi connectivity index (χ2v) is 3.77. The van der Waals surface area contributed by atoms with Crippen molar-refractivity contribution in [3.63, 3.8) is 0 Å². The first-order valence-corrected chi connectivity index (χ1v) is 4.99. The molecule has 0 aliphatic heterocycles. The lowest BCUT2D eigenvalue weighted by Crippen LogP contribution is -2.08. The van der Waals surface area contributed by atoms with Gasteiger partial charge in [0.25, 0.3) is 0 Å². The van der Waals surface area contributed by atoms with E-state index in [1.165, 1.54) is 0 Å². The molecule has 0 aliphatic carbocycles. The normalized spacial score (nSPS) is 10.9. The van der Waals surface area contributed by atoms with Crippen LogP contribution in [0.2, 0.25) is 0 Å². The van der Waals surface area contributed by atoms with Crippen molar-refractivity contribution in [1.82, 2.24) is 14.8 Å². The molecule has 4 nitrogen and oxygen atoms in total. The summed E-state index contributed by atoms with van der Waals surface area (Å²) in [5.41, 5.74) is 0. The first-order valence-electron chi connectivity index (χ1n) is 4.99. The summed E-state index contributed by atoms with van der Waals surface area (Å²) in [5, 5.41) is 4.13. The maximum atomic E-state index is 10.7. The number of aromatic nitrogens is 3. The van der Waals surface area contributed by atoms with Crippen LogP contribution in [0.5, 0.6) is 0 Å². The van der Waals surface area contributed by atoms with Gasteiger partial charge in [0.15, 0.2) is 0 Å². The van der Waals surface area contributed by atoms with Crippen LogP contribution in [0, 0.1) is 0 Å². The fourth-order valence-electron chi connectivity index (χ4n) is 1.38. The molecule has 1 heterocycles. The minimum atomic E-state index is 0.237. The lowest BCUT2D eigenvalue weighted by molar-refractivity contribution is -0.117. The molecule has 0 saturated heterocycles. The molecule has 0 radical (unpaired) electrons. The van der Waals surface area contributed by atoms with Gasteiger partial charge in [-0.15, -0.1) is 0 Å². The summed E-state index contributed by atoms with van der Waals surface area (Å²) in [6.07, 6.45) is 3.90. The molecular formula is C10H17N3O. The van der Waals surface area contributed by atoms with Gasteiger partial charge in [0.1, 0.15) is 17.9 Å². The van der Waals surface area contributed by atoms with Crippen LogP contribution < -0.4 is 0 Å². The van der Waals surface area contributed by atoms with Gasteiger partial charge in [-0.25, -0.2) is 9.67 Å². The van der Waals surface area contributed by atoms with Crippen LogP contribution in [-0.2, 0) is 11.2 Å². The number of nitrogens with zero attached hydrogens (tertiary/aromatic N) is 3. The van der Waals surface area contributed by atoms with E-state index < -0.39 is 0 Å². The number of hydrogen-bond donors (Lipinski definition) is 0. The molecule has 0 atom stereocenters. The first-order chi connectivity index (χ1) is 6.61. The zero-order chi connectivity index (χ0) is 10.6. The second kappa shape index (κ2) is 4.88. The average molecular weight is 195 g/mol. The molecule has 0 fully saturated rings. The maximum absolute atomic E-state index is 10.7. The second-order valence-electron chi connectivity index (χ2n) is 3.77. The van der Waals surface area contributed by atoms with Gasteiger partial charge in [-0.1, -0.05) is 0 Å². The van der Waals surface area contributed by atoms with E-state index in [4.69, 9.17) is 0 Å². The van der Waals surface area contributed by atoms with Crippen molar-refractivity contribution in [1.29, 1.82) is 0 Å². The molecule has 0 spiro atoms. The van der Waals surface area contributed by atoms with E-state index in [9.17, 15) is 4.79 Å². The fraction of sp³-hybridized carbons (Fsp3) is 0.700. The Bertz CT molecular complexity index is 304. The van der Waals surface area contributed by atoms with E-state index in [0.29, 0.717) is 12.5 Å². The van der Waals surface area contributed by atoms with Gasteiger partial charge in [0.05, 0.1) is 0 Å². The molecular weight excluding hydrogens is 178 g/mol. The van der Waals surface area contributed by atoms with Crippen LogP contribution in [0.1, 0.15) is 45.5 Å². The topological polar surface area (TPSA) is 47.8 Å². The highest BCUT2D eigenvalue weighted by molar-refractivity contribution is 5.75. The average Bonchev–Trinajstić information content (AvgIpc) is 2.51. The Morgan fingerprint density at radius 2 is 2.29 bits per heavy atom. The highest BCUT2D eigenvalue weighted by atomic mass is 16.1. The van der Waals surface area contributed by atoms with Crippen LogP contribution in [0.3, 0.4) is 0 Å². The SMILES string of the molecule is CC(=O)CCCc1ncnn1C(C)C. The molecule has 0 unspecified atom stereocenters. The summed E-state index contributed by atoms with van der Waals surface area (Å²) in [6.45, 7) is 5.76. The third kappa shape index (κ3) is 2.94. The molecule has 0 bridgehead atoms. The van der Waals surface area contributed by atoms with Crippen molar-refractivity contribution in [2.45, 2.75) is 46.1 Å². The Morgan fingerprint density at radius 1 is 1.57 bits per heavy atom. The Labute approximate surface area is 84.3 Å². The van der Waals surface area contributed by atoms with Crippen molar-refractivity contribution < 1.29 is 4.79 Å². The third-order valence-corrected chi connectivity index (χ3v) is 2.07. The summed E-state index contributed by atoms with van der Waals surface area (Å²) in [4.78, 5) is 14.9. The van der Waals surface area contributed by atoms with Crippen LogP contribution in [-0.4, -0.2) is 20.5 Å². The lowest BCUT2D eigenvalue weighted by atomic mass is 10.2. The predicted octanol–water partition coefficient (Wildman–Crippen LogP) is 1.77. The van der Waals surface area contributed by atoms with Gasteiger partial charge < -0.3 is 4.79 Å². The predicted molar refractivity (Wildman–Crippen MR) is 54.0 cm³/mol. The van der Waals surface area contributed by atoms with Crippen molar-refractivity contribution in [3.8, 4) is 0 Å². The molecule has 1 aromatic heterocycles. The first kappa shape index (κ1) is 10.9.